The number of aryl methyl sites for hydroxylation is 1. The maximum absolute atomic E-state index is 5.95. The van der Waals surface area contributed by atoms with Crippen LogP contribution in [0.3, 0.4) is 0 Å². The number of nitrogens with two attached hydrogens (primary N) is 1. The van der Waals surface area contributed by atoms with Crippen molar-refractivity contribution in [3.8, 4) is 11.5 Å². The molecule has 0 saturated carbocycles. The molecule has 3 aromatic rings. The summed E-state index contributed by atoms with van der Waals surface area (Å²) in [6.45, 7) is 1.86. The third-order valence-electron chi connectivity index (χ3n) is 2.82. The Balaban J connectivity index is 1.88. The van der Waals surface area contributed by atoms with Crippen LogP contribution in [-0.4, -0.2) is 14.5 Å². The van der Waals surface area contributed by atoms with Gasteiger partial charge in [-0.15, -0.1) is 0 Å². The normalized spacial score (nSPS) is 10.9. The molecular formula is C13H11ClN4OS. The van der Waals surface area contributed by atoms with Crippen molar-refractivity contribution in [3.63, 3.8) is 0 Å². The molecule has 1 aromatic carbocycles. The van der Waals surface area contributed by atoms with Crippen LogP contribution in [0.25, 0.3) is 11.5 Å². The van der Waals surface area contributed by atoms with Crippen LogP contribution in [0.1, 0.15) is 17.1 Å². The van der Waals surface area contributed by atoms with E-state index in [4.69, 9.17) is 21.9 Å². The summed E-state index contributed by atoms with van der Waals surface area (Å²) in [5.74, 6) is 0.998. The van der Waals surface area contributed by atoms with Crippen molar-refractivity contribution in [1.29, 1.82) is 0 Å². The van der Waals surface area contributed by atoms with Crippen molar-refractivity contribution in [2.75, 3.05) is 5.73 Å². The second kappa shape index (κ2) is 5.22. The third-order valence-corrected chi connectivity index (χ3v) is 3.82. The average molecular weight is 307 g/mol. The molecule has 0 amide bonds. The molecule has 0 fully saturated rings. The first-order chi connectivity index (χ1) is 9.63. The number of nitrogen functional groups attached to an aromatic ring is 1. The molecule has 0 unspecified atom stereocenters. The Morgan fingerprint density at radius 3 is 2.95 bits per heavy atom. The first-order valence-corrected chi connectivity index (χ1v) is 7.08. The van der Waals surface area contributed by atoms with Gasteiger partial charge in [-0.05, 0) is 36.2 Å². The summed E-state index contributed by atoms with van der Waals surface area (Å²) < 4.78 is 9.43. The van der Waals surface area contributed by atoms with E-state index in [2.05, 4.69) is 14.5 Å². The Morgan fingerprint density at radius 1 is 1.40 bits per heavy atom. The van der Waals surface area contributed by atoms with Gasteiger partial charge in [0, 0.05) is 11.4 Å². The molecule has 0 aliphatic carbocycles. The summed E-state index contributed by atoms with van der Waals surface area (Å²) in [4.78, 5) is 4.37. The highest BCUT2D eigenvalue weighted by molar-refractivity contribution is 7.10. The molecule has 0 saturated heterocycles. The van der Waals surface area contributed by atoms with Gasteiger partial charge in [0.1, 0.15) is 5.00 Å². The molecular weight excluding hydrogens is 296 g/mol. The van der Waals surface area contributed by atoms with Gasteiger partial charge < -0.3 is 10.3 Å². The highest BCUT2D eigenvalue weighted by atomic mass is 35.5. The van der Waals surface area contributed by atoms with Gasteiger partial charge in [-0.1, -0.05) is 28.9 Å². The minimum absolute atomic E-state index is 0.408. The standard InChI is InChI=1S/C13H11ClN4OS/c1-7-11(12(15)20-18-7)13-16-10(17-19-13)6-8-3-2-4-9(14)5-8/h2-5H,6,15H2,1H3. The van der Waals surface area contributed by atoms with Crippen LogP contribution >= 0.6 is 23.1 Å². The fraction of sp³-hybridized carbons (Fsp3) is 0.154. The number of nitrogens with zero attached hydrogens (tertiary/aromatic N) is 3. The molecule has 0 radical (unpaired) electrons. The van der Waals surface area contributed by atoms with Crippen molar-refractivity contribution in [3.05, 3.63) is 46.4 Å². The van der Waals surface area contributed by atoms with Crippen LogP contribution in [0.15, 0.2) is 28.8 Å². The summed E-state index contributed by atoms with van der Waals surface area (Å²) in [5, 5.41) is 5.24. The molecule has 7 heteroatoms. The van der Waals surface area contributed by atoms with Gasteiger partial charge in [0.25, 0.3) is 5.89 Å². The van der Waals surface area contributed by atoms with E-state index in [9.17, 15) is 0 Å². The zero-order valence-electron chi connectivity index (χ0n) is 10.6. The minimum Gasteiger partial charge on any atom is -0.389 e. The number of hydrogen-bond acceptors (Lipinski definition) is 6. The van der Waals surface area contributed by atoms with Gasteiger partial charge in [0.2, 0.25) is 0 Å². The molecule has 0 bridgehead atoms. The Kier molecular flexibility index (Phi) is 3.42. The third kappa shape index (κ3) is 2.52. The van der Waals surface area contributed by atoms with Gasteiger partial charge in [0.05, 0.1) is 11.3 Å². The van der Waals surface area contributed by atoms with Gasteiger partial charge in [-0.25, -0.2) is 0 Å². The number of halogens is 1. The van der Waals surface area contributed by atoms with Crippen molar-refractivity contribution in [1.82, 2.24) is 14.5 Å². The monoisotopic (exact) mass is 306 g/mol. The number of anilines is 1. The van der Waals surface area contributed by atoms with E-state index >= 15 is 0 Å². The fourth-order valence-electron chi connectivity index (χ4n) is 1.90. The van der Waals surface area contributed by atoms with E-state index in [1.165, 1.54) is 11.5 Å². The van der Waals surface area contributed by atoms with Crippen LogP contribution < -0.4 is 5.73 Å². The second-order valence-electron chi connectivity index (χ2n) is 4.33. The lowest BCUT2D eigenvalue weighted by molar-refractivity contribution is 0.424. The summed E-state index contributed by atoms with van der Waals surface area (Å²) in [6, 6.07) is 7.56. The molecule has 0 atom stereocenters. The largest absolute Gasteiger partial charge is 0.389 e. The van der Waals surface area contributed by atoms with E-state index < -0.39 is 0 Å². The predicted molar refractivity (Wildman–Crippen MR) is 78.8 cm³/mol. The Labute approximate surface area is 124 Å². The molecule has 2 aromatic heterocycles. The van der Waals surface area contributed by atoms with Crippen LogP contribution in [0, 0.1) is 6.92 Å². The van der Waals surface area contributed by atoms with Gasteiger partial charge in [-0.2, -0.15) is 9.36 Å². The summed E-state index contributed by atoms with van der Waals surface area (Å²) in [7, 11) is 0. The average Bonchev–Trinajstić information content (AvgIpc) is 2.97. The van der Waals surface area contributed by atoms with Crippen molar-refractivity contribution in [2.24, 2.45) is 0 Å². The number of aromatic nitrogens is 3. The number of benzene rings is 1. The van der Waals surface area contributed by atoms with Crippen molar-refractivity contribution in [2.45, 2.75) is 13.3 Å². The van der Waals surface area contributed by atoms with Crippen molar-refractivity contribution < 1.29 is 4.52 Å². The van der Waals surface area contributed by atoms with Gasteiger partial charge in [-0.3, -0.25) is 0 Å². The van der Waals surface area contributed by atoms with E-state index in [1.54, 1.807) is 0 Å². The molecule has 20 heavy (non-hydrogen) atoms. The molecule has 5 nitrogen and oxygen atoms in total. The SMILES string of the molecule is Cc1nsc(N)c1-c1nc(Cc2cccc(Cl)c2)no1. The van der Waals surface area contributed by atoms with Gasteiger partial charge >= 0.3 is 0 Å². The van der Waals surface area contributed by atoms with E-state index in [0.29, 0.717) is 28.2 Å². The topological polar surface area (TPSA) is 77.8 Å². The number of hydrogen-bond donors (Lipinski definition) is 1. The summed E-state index contributed by atoms with van der Waals surface area (Å²) in [6.07, 6.45) is 0.556. The molecule has 0 spiro atoms. The lowest BCUT2D eigenvalue weighted by atomic mass is 10.1. The number of rotatable bonds is 3. The zero-order valence-corrected chi connectivity index (χ0v) is 12.2. The Hall–Kier alpha value is -1.92. The van der Waals surface area contributed by atoms with E-state index in [-0.39, 0.29) is 0 Å². The maximum atomic E-state index is 5.95. The predicted octanol–water partition coefficient (Wildman–Crippen LogP) is 3.33. The molecule has 2 N–H and O–H groups in total. The smallest absolute Gasteiger partial charge is 0.262 e. The maximum Gasteiger partial charge on any atom is 0.262 e. The molecule has 0 aliphatic heterocycles. The summed E-state index contributed by atoms with van der Waals surface area (Å²) in [5.41, 5.74) is 8.41. The van der Waals surface area contributed by atoms with Gasteiger partial charge in [0.15, 0.2) is 5.82 Å². The van der Waals surface area contributed by atoms with Crippen LogP contribution in [0.2, 0.25) is 5.02 Å². The quantitative estimate of drug-likeness (QED) is 0.803. The second-order valence-corrected chi connectivity index (χ2v) is 5.57. The highest BCUT2D eigenvalue weighted by Gasteiger charge is 2.17. The zero-order chi connectivity index (χ0) is 14.1. The van der Waals surface area contributed by atoms with Crippen molar-refractivity contribution >= 4 is 28.1 Å². The lowest BCUT2D eigenvalue weighted by Gasteiger charge is -1.96. The lowest BCUT2D eigenvalue weighted by Crippen LogP contribution is -1.91. The molecule has 102 valence electrons. The van der Waals surface area contributed by atoms with E-state index in [1.807, 2.05) is 31.2 Å². The Bertz CT molecular complexity index is 733. The first kappa shape index (κ1) is 13.1. The fourth-order valence-corrected chi connectivity index (χ4v) is 2.77. The van der Waals surface area contributed by atoms with Crippen LogP contribution in [0.5, 0.6) is 0 Å². The highest BCUT2D eigenvalue weighted by Crippen LogP contribution is 2.31. The molecule has 2 heterocycles. The first-order valence-electron chi connectivity index (χ1n) is 5.92. The minimum atomic E-state index is 0.408. The summed E-state index contributed by atoms with van der Waals surface area (Å²) >= 11 is 7.18. The van der Waals surface area contributed by atoms with Crippen LogP contribution in [-0.2, 0) is 6.42 Å². The van der Waals surface area contributed by atoms with E-state index in [0.717, 1.165) is 16.8 Å². The van der Waals surface area contributed by atoms with Crippen LogP contribution in [0.4, 0.5) is 5.00 Å². The molecule has 3 rings (SSSR count). The Morgan fingerprint density at radius 2 is 2.25 bits per heavy atom. The molecule has 0 aliphatic rings.